The molecule has 1 aromatic rings. The van der Waals surface area contributed by atoms with Crippen molar-refractivity contribution in [1.82, 2.24) is 4.98 Å². The summed E-state index contributed by atoms with van der Waals surface area (Å²) in [6.45, 7) is 0. The van der Waals surface area contributed by atoms with E-state index in [9.17, 15) is 0 Å². The monoisotopic (exact) mass is 222 g/mol. The van der Waals surface area contributed by atoms with E-state index in [1.807, 2.05) is 6.07 Å². The molecule has 0 aliphatic heterocycles. The van der Waals surface area contributed by atoms with Crippen LogP contribution >= 0.6 is 34.8 Å². The summed E-state index contributed by atoms with van der Waals surface area (Å²) >= 11 is 15.0. The van der Waals surface area contributed by atoms with Gasteiger partial charge in [0.2, 0.25) is 0 Å². The van der Waals surface area contributed by atoms with Gasteiger partial charge in [0.25, 0.3) is 0 Å². The smallest absolute Gasteiger partial charge is 0.129 e. The number of rotatable bonds is 0. The number of alkyl halides is 2. The highest BCUT2D eigenvalue weighted by Gasteiger charge is 1.87. The molecule has 0 aliphatic rings. The molecular weight excluding hydrogens is 218 g/mol. The summed E-state index contributed by atoms with van der Waals surface area (Å²) in [5.41, 5.74) is 0.527. The zero-order valence-electron chi connectivity index (χ0n) is 5.97. The highest BCUT2D eigenvalue weighted by Crippen LogP contribution is 2.02. The van der Waals surface area contributed by atoms with Crippen LogP contribution in [-0.2, 0) is 0 Å². The van der Waals surface area contributed by atoms with Crippen molar-refractivity contribution in [3.63, 3.8) is 0 Å². The predicted molar refractivity (Wildman–Crippen MR) is 50.5 cm³/mol. The maximum Gasteiger partial charge on any atom is 0.129 e. The predicted octanol–water partition coefficient (Wildman–Crippen LogP) is 3.03. The first kappa shape index (κ1) is 11.5. The molecule has 64 valence electrons. The van der Waals surface area contributed by atoms with E-state index in [1.165, 1.54) is 6.20 Å². The number of nitrogens with zero attached hydrogens (tertiary/aromatic N) is 2. The molecule has 0 saturated carbocycles. The van der Waals surface area contributed by atoms with Gasteiger partial charge in [-0.3, -0.25) is 0 Å². The molecule has 0 fully saturated rings. The van der Waals surface area contributed by atoms with Crippen LogP contribution in [0, 0.1) is 11.3 Å². The average Bonchev–Trinajstić information content (AvgIpc) is 2.07. The number of hydrogen-bond acceptors (Lipinski definition) is 2. The molecule has 1 heterocycles. The van der Waals surface area contributed by atoms with Crippen molar-refractivity contribution >= 4 is 34.8 Å². The molecular formula is C7H5Cl3N2. The van der Waals surface area contributed by atoms with Crippen molar-refractivity contribution in [2.24, 2.45) is 0 Å². The number of pyridine rings is 1. The Balaban J connectivity index is 0.000000354. The van der Waals surface area contributed by atoms with Crippen molar-refractivity contribution < 1.29 is 0 Å². The maximum absolute atomic E-state index is 8.30. The lowest BCUT2D eigenvalue weighted by atomic mass is 10.3. The van der Waals surface area contributed by atoms with Gasteiger partial charge in [0.1, 0.15) is 11.2 Å². The van der Waals surface area contributed by atoms with Gasteiger partial charge >= 0.3 is 0 Å². The van der Waals surface area contributed by atoms with Crippen LogP contribution in [0.1, 0.15) is 5.56 Å². The van der Waals surface area contributed by atoms with Crippen LogP contribution in [0.15, 0.2) is 18.3 Å². The molecule has 1 aromatic heterocycles. The third-order valence-corrected chi connectivity index (χ3v) is 1.08. The molecule has 0 bridgehead atoms. The maximum atomic E-state index is 8.30. The fourth-order valence-electron chi connectivity index (χ4n) is 0.442. The topological polar surface area (TPSA) is 36.7 Å². The fraction of sp³-hybridized carbons (Fsp3) is 0.143. The van der Waals surface area contributed by atoms with E-state index >= 15 is 0 Å². The first-order valence-electron chi connectivity index (χ1n) is 2.88. The van der Waals surface area contributed by atoms with Gasteiger partial charge in [-0.2, -0.15) is 5.26 Å². The van der Waals surface area contributed by atoms with Crippen LogP contribution in [0.2, 0.25) is 5.15 Å². The minimum Gasteiger partial charge on any atom is -0.243 e. The Morgan fingerprint density at radius 3 is 2.33 bits per heavy atom. The van der Waals surface area contributed by atoms with Crippen LogP contribution in [-0.4, -0.2) is 10.3 Å². The van der Waals surface area contributed by atoms with Crippen LogP contribution in [0.3, 0.4) is 0 Å². The molecule has 5 heteroatoms. The Hall–Kier alpha value is -0.490. The fourth-order valence-corrected chi connectivity index (χ4v) is 0.554. The third-order valence-electron chi connectivity index (χ3n) is 0.856. The van der Waals surface area contributed by atoms with E-state index in [0.717, 1.165) is 0 Å². The molecule has 12 heavy (non-hydrogen) atoms. The molecule has 0 spiro atoms. The van der Waals surface area contributed by atoms with Crippen LogP contribution in [0.5, 0.6) is 0 Å². The van der Waals surface area contributed by atoms with Crippen molar-refractivity contribution in [3.8, 4) is 6.07 Å². The van der Waals surface area contributed by atoms with Gasteiger partial charge in [-0.15, -0.1) is 23.2 Å². The molecule has 0 aliphatic carbocycles. The van der Waals surface area contributed by atoms with Crippen LogP contribution in [0.25, 0.3) is 0 Å². The van der Waals surface area contributed by atoms with Gasteiger partial charge in [0.15, 0.2) is 0 Å². The van der Waals surface area contributed by atoms with Gasteiger partial charge in [-0.1, -0.05) is 11.6 Å². The second-order valence-corrected chi connectivity index (χ2v) is 2.78. The van der Waals surface area contributed by atoms with E-state index in [0.29, 0.717) is 10.7 Å². The summed E-state index contributed by atoms with van der Waals surface area (Å²) in [6, 6.07) is 5.14. The number of halogens is 3. The second kappa shape index (κ2) is 7.17. The normalized spacial score (nSPS) is 7.83. The summed E-state index contributed by atoms with van der Waals surface area (Å²) < 4.78 is 0. The standard InChI is InChI=1S/C6H3ClN2.CH2Cl2/c7-6-2-1-5(3-8)4-9-6;2-1-3/h1-2,4H;1H2. The van der Waals surface area contributed by atoms with Gasteiger partial charge in [-0.05, 0) is 12.1 Å². The summed E-state index contributed by atoms with van der Waals surface area (Å²) in [5, 5.41) is 8.90. The lowest BCUT2D eigenvalue weighted by molar-refractivity contribution is 1.30. The lowest BCUT2D eigenvalue weighted by Gasteiger charge is -1.85. The van der Waals surface area contributed by atoms with Crippen LogP contribution in [0.4, 0.5) is 0 Å². The second-order valence-electron chi connectivity index (χ2n) is 1.58. The summed E-state index contributed by atoms with van der Waals surface area (Å²) in [6.07, 6.45) is 1.43. The van der Waals surface area contributed by atoms with E-state index in [1.54, 1.807) is 12.1 Å². The molecule has 0 saturated heterocycles. The van der Waals surface area contributed by atoms with E-state index in [-0.39, 0.29) is 5.34 Å². The number of nitriles is 1. The molecule has 0 N–H and O–H groups in total. The first-order chi connectivity index (χ1) is 5.74. The zero-order chi connectivity index (χ0) is 9.40. The highest BCUT2D eigenvalue weighted by molar-refractivity contribution is 6.40. The lowest BCUT2D eigenvalue weighted by Crippen LogP contribution is -1.75. The molecule has 2 nitrogen and oxygen atoms in total. The van der Waals surface area contributed by atoms with Crippen molar-refractivity contribution in [1.29, 1.82) is 5.26 Å². The number of hydrogen-bond donors (Lipinski definition) is 0. The quantitative estimate of drug-likeness (QED) is 0.501. The molecule has 1 rings (SSSR count). The largest absolute Gasteiger partial charge is 0.243 e. The van der Waals surface area contributed by atoms with Crippen molar-refractivity contribution in [2.45, 2.75) is 0 Å². The van der Waals surface area contributed by atoms with Gasteiger partial charge in [-0.25, -0.2) is 4.98 Å². The summed E-state index contributed by atoms with van der Waals surface area (Å²) in [4.78, 5) is 3.69. The summed E-state index contributed by atoms with van der Waals surface area (Å²) in [5.74, 6) is 0. The zero-order valence-corrected chi connectivity index (χ0v) is 8.24. The highest BCUT2D eigenvalue weighted by atomic mass is 35.5. The molecule has 0 radical (unpaired) electrons. The van der Waals surface area contributed by atoms with Crippen LogP contribution < -0.4 is 0 Å². The average molecular weight is 223 g/mol. The molecule has 0 amide bonds. The van der Waals surface area contributed by atoms with Gasteiger partial charge < -0.3 is 0 Å². The van der Waals surface area contributed by atoms with Crippen molar-refractivity contribution in [3.05, 3.63) is 29.0 Å². The van der Waals surface area contributed by atoms with E-state index < -0.39 is 0 Å². The Morgan fingerprint density at radius 1 is 1.42 bits per heavy atom. The molecule has 0 atom stereocenters. The minimum absolute atomic E-state index is 0.194. The first-order valence-corrected chi connectivity index (χ1v) is 4.33. The molecule has 0 aromatic carbocycles. The van der Waals surface area contributed by atoms with Crippen molar-refractivity contribution in [2.75, 3.05) is 5.34 Å². The van der Waals surface area contributed by atoms with Gasteiger partial charge in [0, 0.05) is 6.20 Å². The minimum atomic E-state index is 0.194. The SMILES string of the molecule is ClCCl.N#Cc1ccc(Cl)nc1. The molecule has 0 unspecified atom stereocenters. The van der Waals surface area contributed by atoms with Gasteiger partial charge in [0.05, 0.1) is 10.9 Å². The Morgan fingerprint density at radius 2 is 2.00 bits per heavy atom. The Bertz CT molecular complexity index is 252. The third kappa shape index (κ3) is 5.20. The van der Waals surface area contributed by atoms with E-state index in [2.05, 4.69) is 4.98 Å². The summed E-state index contributed by atoms with van der Waals surface area (Å²) in [7, 11) is 0. The number of aromatic nitrogens is 1. The van der Waals surface area contributed by atoms with E-state index in [4.69, 9.17) is 40.1 Å². The Kier molecular flexibility index (Phi) is 6.88. The Labute approximate surface area is 85.7 Å².